The maximum atomic E-state index is 12.6. The van der Waals surface area contributed by atoms with Gasteiger partial charge in [-0.05, 0) is 56.3 Å². The smallest absolute Gasteiger partial charge is 0.262 e. The first-order chi connectivity index (χ1) is 16.9. The molecular formula is C26H22N4O4S. The number of thiazole rings is 1. The van der Waals surface area contributed by atoms with Crippen molar-refractivity contribution in [3.63, 3.8) is 0 Å². The highest BCUT2D eigenvalue weighted by atomic mass is 32.1. The molecule has 0 spiro atoms. The fourth-order valence-electron chi connectivity index (χ4n) is 4.29. The minimum absolute atomic E-state index is 0.314. The third-order valence-corrected chi connectivity index (χ3v) is 6.73. The van der Waals surface area contributed by atoms with E-state index in [-0.39, 0.29) is 6.54 Å². The number of methoxy groups -OCH3 is 1. The Balaban J connectivity index is 1.31. The van der Waals surface area contributed by atoms with Gasteiger partial charge in [0, 0.05) is 28.0 Å². The van der Waals surface area contributed by atoms with Crippen LogP contribution in [0.15, 0.2) is 60.0 Å². The number of aromatic nitrogens is 2. The minimum Gasteiger partial charge on any atom is -0.497 e. The number of nitrogens with zero attached hydrogens (tertiary/aromatic N) is 3. The van der Waals surface area contributed by atoms with Crippen LogP contribution in [0.2, 0.25) is 0 Å². The molecule has 3 amide bonds. The van der Waals surface area contributed by atoms with Gasteiger partial charge in [-0.2, -0.15) is 0 Å². The average Bonchev–Trinajstić information content (AvgIpc) is 3.51. The second-order valence-electron chi connectivity index (χ2n) is 8.15. The van der Waals surface area contributed by atoms with Crippen molar-refractivity contribution in [2.45, 2.75) is 13.8 Å². The molecule has 1 aliphatic heterocycles. The highest BCUT2D eigenvalue weighted by molar-refractivity contribution is 7.14. The van der Waals surface area contributed by atoms with E-state index in [1.165, 1.54) is 11.3 Å². The van der Waals surface area contributed by atoms with Crippen LogP contribution in [0.25, 0.3) is 16.9 Å². The Hall–Kier alpha value is -4.24. The van der Waals surface area contributed by atoms with Crippen LogP contribution < -0.4 is 10.1 Å². The molecule has 4 aromatic rings. The Kier molecular flexibility index (Phi) is 5.70. The van der Waals surface area contributed by atoms with Crippen molar-refractivity contribution in [3.05, 3.63) is 82.5 Å². The molecule has 2 aromatic heterocycles. The lowest BCUT2D eigenvalue weighted by Crippen LogP contribution is -2.37. The molecule has 3 heterocycles. The van der Waals surface area contributed by atoms with Crippen molar-refractivity contribution in [2.24, 2.45) is 0 Å². The van der Waals surface area contributed by atoms with E-state index in [9.17, 15) is 14.4 Å². The zero-order valence-electron chi connectivity index (χ0n) is 19.4. The van der Waals surface area contributed by atoms with Crippen molar-refractivity contribution in [1.82, 2.24) is 14.5 Å². The number of amides is 3. The Morgan fingerprint density at radius 1 is 1.00 bits per heavy atom. The second-order valence-corrected chi connectivity index (χ2v) is 9.00. The molecule has 176 valence electrons. The van der Waals surface area contributed by atoms with Gasteiger partial charge in [-0.25, -0.2) is 4.98 Å². The van der Waals surface area contributed by atoms with Gasteiger partial charge in [-0.1, -0.05) is 12.1 Å². The average molecular weight is 487 g/mol. The van der Waals surface area contributed by atoms with E-state index in [4.69, 9.17) is 4.74 Å². The number of nitrogens with one attached hydrogen (secondary N) is 1. The zero-order valence-corrected chi connectivity index (χ0v) is 20.2. The van der Waals surface area contributed by atoms with Crippen LogP contribution in [0.5, 0.6) is 5.75 Å². The number of rotatable bonds is 6. The van der Waals surface area contributed by atoms with E-state index in [1.54, 1.807) is 31.4 Å². The first kappa shape index (κ1) is 22.5. The van der Waals surface area contributed by atoms with E-state index >= 15 is 0 Å². The molecule has 0 bridgehead atoms. The second kappa shape index (κ2) is 8.84. The third-order valence-electron chi connectivity index (χ3n) is 5.97. The van der Waals surface area contributed by atoms with Crippen LogP contribution in [0.1, 0.15) is 32.1 Å². The normalized spacial score (nSPS) is 12.7. The van der Waals surface area contributed by atoms with E-state index in [1.807, 2.05) is 43.5 Å². The van der Waals surface area contributed by atoms with Crippen LogP contribution >= 0.6 is 11.3 Å². The summed E-state index contributed by atoms with van der Waals surface area (Å²) in [4.78, 5) is 43.2. The SMILES string of the molecule is COc1ccc(-n2c(C)cc(-c3csc(NC(=O)CN4C(=O)c5ccccc5C4=O)n3)c2C)cc1. The Bertz CT molecular complexity index is 1430. The molecule has 9 heteroatoms. The standard InChI is InChI=1S/C26H22N4O4S/c1-15-12-21(16(2)30(15)17-8-10-18(34-3)11-9-17)22-14-35-26(27-22)28-23(31)13-29-24(32)19-6-4-5-7-20(19)25(29)33/h4-12,14H,13H2,1-3H3,(H,27,28,31). The first-order valence-corrected chi connectivity index (χ1v) is 11.8. The Morgan fingerprint density at radius 2 is 1.66 bits per heavy atom. The lowest BCUT2D eigenvalue weighted by molar-refractivity contribution is -0.116. The summed E-state index contributed by atoms with van der Waals surface area (Å²) in [7, 11) is 1.64. The summed E-state index contributed by atoms with van der Waals surface area (Å²) >= 11 is 1.29. The van der Waals surface area contributed by atoms with Crippen LogP contribution in [0.4, 0.5) is 5.13 Å². The van der Waals surface area contributed by atoms with Gasteiger partial charge in [0.15, 0.2) is 5.13 Å². The lowest BCUT2D eigenvalue weighted by Gasteiger charge is -2.12. The number of hydrogen-bond acceptors (Lipinski definition) is 6. The van der Waals surface area contributed by atoms with E-state index in [2.05, 4.69) is 20.9 Å². The van der Waals surface area contributed by atoms with Crippen molar-refractivity contribution >= 4 is 34.2 Å². The summed E-state index contributed by atoms with van der Waals surface area (Å²) in [5.41, 5.74) is 5.39. The predicted molar refractivity (Wildman–Crippen MR) is 133 cm³/mol. The van der Waals surface area contributed by atoms with Gasteiger partial charge in [0.2, 0.25) is 5.91 Å². The van der Waals surface area contributed by atoms with E-state index < -0.39 is 17.7 Å². The predicted octanol–water partition coefficient (Wildman–Crippen LogP) is 4.46. The minimum atomic E-state index is -0.482. The number of aryl methyl sites for hydroxylation is 1. The van der Waals surface area contributed by atoms with Gasteiger partial charge in [-0.3, -0.25) is 19.3 Å². The van der Waals surface area contributed by atoms with E-state index in [0.717, 1.165) is 39.0 Å². The summed E-state index contributed by atoms with van der Waals surface area (Å²) in [6, 6.07) is 16.4. The lowest BCUT2D eigenvalue weighted by atomic mass is 10.1. The Morgan fingerprint density at radius 3 is 2.29 bits per heavy atom. The molecule has 0 fully saturated rings. The first-order valence-electron chi connectivity index (χ1n) is 10.9. The number of hydrogen-bond donors (Lipinski definition) is 1. The number of carbonyl (C=O) groups is 3. The zero-order chi connectivity index (χ0) is 24.7. The van der Waals surface area contributed by atoms with Crippen LogP contribution in [0, 0.1) is 13.8 Å². The summed E-state index contributed by atoms with van der Waals surface area (Å²) in [6.45, 7) is 3.68. The van der Waals surface area contributed by atoms with Crippen molar-refractivity contribution in [3.8, 4) is 22.7 Å². The molecule has 0 saturated heterocycles. The molecule has 0 atom stereocenters. The molecule has 0 saturated carbocycles. The highest BCUT2D eigenvalue weighted by Gasteiger charge is 2.36. The van der Waals surface area contributed by atoms with Crippen molar-refractivity contribution < 1.29 is 19.1 Å². The van der Waals surface area contributed by atoms with Gasteiger partial charge < -0.3 is 14.6 Å². The quantitative estimate of drug-likeness (QED) is 0.406. The summed E-state index contributed by atoms with van der Waals surface area (Å²) in [5.74, 6) is -0.625. The van der Waals surface area contributed by atoms with Gasteiger partial charge >= 0.3 is 0 Å². The number of anilines is 1. The van der Waals surface area contributed by atoms with Crippen LogP contribution in [-0.4, -0.2) is 45.8 Å². The fourth-order valence-corrected chi connectivity index (χ4v) is 5.02. The number of ether oxygens (including phenoxy) is 1. The maximum Gasteiger partial charge on any atom is 0.262 e. The summed E-state index contributed by atoms with van der Waals surface area (Å²) in [5, 5.41) is 4.99. The monoisotopic (exact) mass is 486 g/mol. The molecule has 0 aliphatic carbocycles. The fraction of sp³-hybridized carbons (Fsp3) is 0.154. The summed E-state index contributed by atoms with van der Waals surface area (Å²) < 4.78 is 7.39. The van der Waals surface area contributed by atoms with E-state index in [0.29, 0.717) is 16.3 Å². The molecule has 35 heavy (non-hydrogen) atoms. The number of carbonyl (C=O) groups excluding carboxylic acids is 3. The molecule has 5 rings (SSSR count). The number of imide groups is 1. The number of fused-ring (bicyclic) bond motifs is 1. The van der Waals surface area contributed by atoms with Gasteiger partial charge in [0.05, 0.1) is 23.9 Å². The Labute approximate surface area is 205 Å². The number of benzene rings is 2. The molecule has 2 aromatic carbocycles. The van der Waals surface area contributed by atoms with Crippen molar-refractivity contribution in [2.75, 3.05) is 19.0 Å². The molecule has 0 unspecified atom stereocenters. The molecule has 1 N–H and O–H groups in total. The summed E-state index contributed by atoms with van der Waals surface area (Å²) in [6.07, 6.45) is 0. The van der Waals surface area contributed by atoms with Gasteiger partial charge in [0.1, 0.15) is 12.3 Å². The molecule has 1 aliphatic rings. The van der Waals surface area contributed by atoms with Gasteiger partial charge in [0.25, 0.3) is 11.8 Å². The third kappa shape index (κ3) is 4.00. The molecule has 8 nitrogen and oxygen atoms in total. The molecular weight excluding hydrogens is 464 g/mol. The topological polar surface area (TPSA) is 93.5 Å². The molecule has 0 radical (unpaired) electrons. The largest absolute Gasteiger partial charge is 0.497 e. The van der Waals surface area contributed by atoms with Crippen LogP contribution in [0.3, 0.4) is 0 Å². The highest BCUT2D eigenvalue weighted by Crippen LogP contribution is 2.32. The van der Waals surface area contributed by atoms with Crippen molar-refractivity contribution in [1.29, 1.82) is 0 Å². The van der Waals surface area contributed by atoms with Gasteiger partial charge in [-0.15, -0.1) is 11.3 Å². The maximum absolute atomic E-state index is 12.6. The van der Waals surface area contributed by atoms with Crippen LogP contribution in [-0.2, 0) is 4.79 Å².